The first-order valence-corrected chi connectivity index (χ1v) is 4.36. The van der Waals surface area contributed by atoms with Crippen molar-refractivity contribution in [3.63, 3.8) is 0 Å². The Labute approximate surface area is 78.5 Å². The predicted molar refractivity (Wildman–Crippen MR) is 45.7 cm³/mol. The van der Waals surface area contributed by atoms with Crippen molar-refractivity contribution < 1.29 is 9.63 Å². The van der Waals surface area contributed by atoms with Gasteiger partial charge in [0.2, 0.25) is 5.91 Å². The van der Waals surface area contributed by atoms with Crippen molar-refractivity contribution in [1.82, 2.24) is 10.5 Å². The molecule has 0 aliphatic heterocycles. The second kappa shape index (κ2) is 4.39. The molecule has 0 aliphatic carbocycles. The second-order valence-electron chi connectivity index (χ2n) is 2.03. The molecule has 1 N–H and O–H groups in total. The van der Waals surface area contributed by atoms with Crippen molar-refractivity contribution in [1.29, 1.82) is 0 Å². The summed E-state index contributed by atoms with van der Waals surface area (Å²) in [5.41, 5.74) is 2.20. The molecule has 66 valence electrons. The monoisotopic (exact) mass is 206 g/mol. The van der Waals surface area contributed by atoms with E-state index >= 15 is 0 Å². The predicted octanol–water partition coefficient (Wildman–Crippen LogP) is 1.36. The molecular formula is C6H7ClN2O2S. The Balaban J connectivity index is 2.29. The van der Waals surface area contributed by atoms with Crippen LogP contribution in [0.4, 0.5) is 0 Å². The number of rotatable bonds is 3. The molecule has 0 unspecified atom stereocenters. The van der Waals surface area contributed by atoms with Crippen LogP contribution in [0.5, 0.6) is 0 Å². The summed E-state index contributed by atoms with van der Waals surface area (Å²) in [6.07, 6.45) is 1.61. The number of hydrogen-bond donors (Lipinski definition) is 1. The van der Waals surface area contributed by atoms with Crippen LogP contribution in [0.2, 0.25) is 4.47 Å². The molecule has 0 spiro atoms. The van der Waals surface area contributed by atoms with Gasteiger partial charge in [0, 0.05) is 13.1 Å². The zero-order chi connectivity index (χ0) is 8.97. The highest BCUT2D eigenvalue weighted by atomic mass is 35.5. The minimum atomic E-state index is -0.231. The van der Waals surface area contributed by atoms with Crippen LogP contribution >= 0.6 is 22.9 Å². The third-order valence-corrected chi connectivity index (χ3v) is 2.04. The maximum atomic E-state index is 10.4. The van der Waals surface area contributed by atoms with Gasteiger partial charge >= 0.3 is 0 Å². The van der Waals surface area contributed by atoms with Crippen LogP contribution in [-0.4, -0.2) is 10.9 Å². The number of thiazole rings is 1. The maximum Gasteiger partial charge on any atom is 0.240 e. The van der Waals surface area contributed by atoms with E-state index < -0.39 is 0 Å². The van der Waals surface area contributed by atoms with E-state index in [0.29, 0.717) is 11.1 Å². The van der Waals surface area contributed by atoms with Gasteiger partial charge in [-0.05, 0) is 0 Å². The largest absolute Gasteiger partial charge is 0.273 e. The fourth-order valence-corrected chi connectivity index (χ4v) is 1.45. The number of amides is 1. The summed E-state index contributed by atoms with van der Waals surface area (Å²) in [5.74, 6) is -0.231. The van der Waals surface area contributed by atoms with Crippen molar-refractivity contribution in [3.05, 3.63) is 15.5 Å². The van der Waals surface area contributed by atoms with Gasteiger partial charge in [-0.1, -0.05) is 11.6 Å². The van der Waals surface area contributed by atoms with Gasteiger partial charge in [0.05, 0.1) is 4.88 Å². The van der Waals surface area contributed by atoms with Crippen molar-refractivity contribution in [2.24, 2.45) is 0 Å². The zero-order valence-electron chi connectivity index (χ0n) is 6.33. The zero-order valence-corrected chi connectivity index (χ0v) is 7.91. The SMILES string of the molecule is CC(=O)NOCc1cnc(Cl)s1. The third-order valence-electron chi connectivity index (χ3n) is 0.956. The van der Waals surface area contributed by atoms with Crippen molar-refractivity contribution in [2.75, 3.05) is 0 Å². The first-order chi connectivity index (χ1) is 5.68. The number of carbonyl (C=O) groups is 1. The summed E-state index contributed by atoms with van der Waals surface area (Å²) in [6, 6.07) is 0. The lowest BCUT2D eigenvalue weighted by Crippen LogP contribution is -2.19. The van der Waals surface area contributed by atoms with Gasteiger partial charge in [0.15, 0.2) is 4.47 Å². The Hall–Kier alpha value is -0.650. The van der Waals surface area contributed by atoms with E-state index in [1.807, 2.05) is 0 Å². The van der Waals surface area contributed by atoms with Gasteiger partial charge in [0.25, 0.3) is 0 Å². The molecule has 0 saturated heterocycles. The standard InChI is InChI=1S/C6H7ClN2O2S/c1-4(10)9-11-3-5-2-8-6(7)12-5/h2H,3H2,1H3,(H,9,10). The van der Waals surface area contributed by atoms with Crippen LogP contribution < -0.4 is 5.48 Å². The highest BCUT2D eigenvalue weighted by Gasteiger charge is 1.99. The summed E-state index contributed by atoms with van der Waals surface area (Å²) >= 11 is 6.88. The molecule has 0 bridgehead atoms. The quantitative estimate of drug-likeness (QED) is 0.760. The molecule has 0 aliphatic rings. The maximum absolute atomic E-state index is 10.4. The molecule has 1 amide bonds. The van der Waals surface area contributed by atoms with Crippen LogP contribution in [0.25, 0.3) is 0 Å². The normalized spacial score (nSPS) is 9.83. The van der Waals surface area contributed by atoms with Crippen molar-refractivity contribution in [2.45, 2.75) is 13.5 Å². The molecule has 1 rings (SSSR count). The van der Waals surface area contributed by atoms with Crippen LogP contribution in [0.1, 0.15) is 11.8 Å². The first kappa shape index (κ1) is 9.44. The second-order valence-corrected chi connectivity index (χ2v) is 3.72. The third kappa shape index (κ3) is 3.17. The Kier molecular flexibility index (Phi) is 3.46. The van der Waals surface area contributed by atoms with Crippen LogP contribution in [0, 0.1) is 0 Å². The van der Waals surface area contributed by atoms with Crippen LogP contribution in [0.15, 0.2) is 6.20 Å². The fraction of sp³-hybridized carbons (Fsp3) is 0.333. The number of hydrogen-bond acceptors (Lipinski definition) is 4. The number of halogens is 1. The van der Waals surface area contributed by atoms with E-state index in [1.165, 1.54) is 18.3 Å². The minimum Gasteiger partial charge on any atom is -0.273 e. The Bertz CT molecular complexity index is 276. The lowest BCUT2D eigenvalue weighted by Gasteiger charge is -1.99. The molecule has 1 aromatic heterocycles. The molecule has 1 aromatic rings. The van der Waals surface area contributed by atoms with Gasteiger partial charge in [-0.2, -0.15) is 0 Å². The molecule has 1 heterocycles. The number of nitrogens with zero attached hydrogens (tertiary/aromatic N) is 1. The number of hydroxylamine groups is 1. The average molecular weight is 207 g/mol. The number of aromatic nitrogens is 1. The van der Waals surface area contributed by atoms with E-state index in [2.05, 4.69) is 10.5 Å². The topological polar surface area (TPSA) is 51.2 Å². The molecule has 0 radical (unpaired) electrons. The fourth-order valence-electron chi connectivity index (χ4n) is 0.559. The van der Waals surface area contributed by atoms with Gasteiger partial charge in [0.1, 0.15) is 6.61 Å². The molecule has 0 atom stereocenters. The minimum absolute atomic E-state index is 0.231. The smallest absolute Gasteiger partial charge is 0.240 e. The molecule has 6 heteroatoms. The molecule has 4 nitrogen and oxygen atoms in total. The Morgan fingerprint density at radius 1 is 1.92 bits per heavy atom. The lowest BCUT2D eigenvalue weighted by molar-refractivity contribution is -0.132. The Morgan fingerprint density at radius 2 is 2.67 bits per heavy atom. The summed E-state index contributed by atoms with van der Waals surface area (Å²) < 4.78 is 0.469. The van der Waals surface area contributed by atoms with Crippen LogP contribution in [-0.2, 0) is 16.2 Å². The molecule has 0 aromatic carbocycles. The van der Waals surface area contributed by atoms with E-state index in [1.54, 1.807) is 6.20 Å². The van der Waals surface area contributed by atoms with E-state index in [-0.39, 0.29) is 5.91 Å². The van der Waals surface area contributed by atoms with Crippen LogP contribution in [0.3, 0.4) is 0 Å². The van der Waals surface area contributed by atoms with Gasteiger partial charge in [-0.15, -0.1) is 11.3 Å². The molecular weight excluding hydrogens is 200 g/mol. The van der Waals surface area contributed by atoms with Crippen molar-refractivity contribution in [3.8, 4) is 0 Å². The summed E-state index contributed by atoms with van der Waals surface area (Å²) in [6.45, 7) is 1.67. The van der Waals surface area contributed by atoms with E-state index in [9.17, 15) is 4.79 Å². The highest BCUT2D eigenvalue weighted by Crippen LogP contribution is 2.17. The highest BCUT2D eigenvalue weighted by molar-refractivity contribution is 7.15. The summed E-state index contributed by atoms with van der Waals surface area (Å²) in [5, 5.41) is 0. The van der Waals surface area contributed by atoms with Gasteiger partial charge < -0.3 is 0 Å². The average Bonchev–Trinajstić information content (AvgIpc) is 2.35. The molecule has 12 heavy (non-hydrogen) atoms. The number of nitrogens with one attached hydrogen (secondary N) is 1. The van der Waals surface area contributed by atoms with E-state index in [4.69, 9.17) is 16.4 Å². The first-order valence-electron chi connectivity index (χ1n) is 3.17. The van der Waals surface area contributed by atoms with Gasteiger partial charge in [-0.25, -0.2) is 10.5 Å². The summed E-state index contributed by atoms with van der Waals surface area (Å²) in [7, 11) is 0. The molecule has 0 fully saturated rings. The lowest BCUT2D eigenvalue weighted by atomic mass is 10.6. The van der Waals surface area contributed by atoms with Gasteiger partial charge in [-0.3, -0.25) is 9.63 Å². The number of carbonyl (C=O) groups excluding carboxylic acids is 1. The van der Waals surface area contributed by atoms with Crippen molar-refractivity contribution >= 4 is 28.8 Å². The Morgan fingerprint density at radius 3 is 3.17 bits per heavy atom. The molecule has 0 saturated carbocycles. The van der Waals surface area contributed by atoms with E-state index in [0.717, 1.165) is 4.88 Å². The summed E-state index contributed by atoms with van der Waals surface area (Å²) in [4.78, 5) is 19.8.